The average molecular weight is 511 g/mol. The highest BCUT2D eigenvalue weighted by Gasteiger charge is 2.41. The Kier molecular flexibility index (Phi) is 6.47. The summed E-state index contributed by atoms with van der Waals surface area (Å²) in [5.41, 5.74) is 1.61. The largest absolute Gasteiger partial charge is 0.436 e. The Morgan fingerprint density at radius 2 is 2.08 bits per heavy atom. The molecular weight excluding hydrogens is 485 g/mol. The summed E-state index contributed by atoms with van der Waals surface area (Å²) in [5.74, 6) is 0.906. The second kappa shape index (κ2) is 9.61. The van der Waals surface area contributed by atoms with E-state index >= 15 is 0 Å². The topological polar surface area (TPSA) is 99.0 Å². The number of hydrogen-bond acceptors (Lipinski definition) is 7. The molecule has 2 aliphatic carbocycles. The Bertz CT molecular complexity index is 1420. The zero-order chi connectivity index (χ0) is 26.3. The molecule has 0 aromatic carbocycles. The smallest absolute Gasteiger partial charge is 0.394 e. The van der Waals surface area contributed by atoms with Crippen LogP contribution in [0.3, 0.4) is 0 Å². The van der Waals surface area contributed by atoms with Gasteiger partial charge in [0.2, 0.25) is 0 Å². The number of aryl methyl sites for hydroxylation is 1. The number of halogens is 3. The van der Waals surface area contributed by atoms with Gasteiger partial charge in [0.25, 0.3) is 0 Å². The number of anilines is 1. The number of nitriles is 1. The number of aromatic nitrogens is 3. The number of hydrogen-bond donors (Lipinski definition) is 1. The van der Waals surface area contributed by atoms with Crippen LogP contribution in [0.4, 0.5) is 19.0 Å². The number of aliphatic imine (C=N–C) groups is 1. The van der Waals surface area contributed by atoms with E-state index in [1.807, 2.05) is 29.2 Å². The van der Waals surface area contributed by atoms with Gasteiger partial charge in [0.15, 0.2) is 11.3 Å². The maximum atomic E-state index is 13.8. The third kappa shape index (κ3) is 4.70. The number of allylic oxidation sites excluding steroid dienone is 5. The summed E-state index contributed by atoms with van der Waals surface area (Å²) in [7, 11) is 0. The maximum absolute atomic E-state index is 13.8. The fraction of sp³-hybridized carbons (Fsp3) is 0.385. The molecule has 0 atom stereocenters. The molecule has 0 spiro atoms. The Morgan fingerprint density at radius 3 is 2.70 bits per heavy atom. The molecule has 1 N–H and O–H groups in total. The molecule has 37 heavy (non-hydrogen) atoms. The van der Waals surface area contributed by atoms with Crippen LogP contribution in [0.15, 0.2) is 47.1 Å². The minimum atomic E-state index is -4.82. The molecule has 0 amide bonds. The van der Waals surface area contributed by atoms with E-state index in [1.54, 1.807) is 13.0 Å². The lowest BCUT2D eigenvalue weighted by molar-refractivity contribution is -0.141. The van der Waals surface area contributed by atoms with Gasteiger partial charge in [-0.2, -0.15) is 28.0 Å². The van der Waals surface area contributed by atoms with Gasteiger partial charge >= 0.3 is 6.18 Å². The van der Waals surface area contributed by atoms with E-state index < -0.39 is 17.4 Å². The first kappa shape index (κ1) is 24.9. The summed E-state index contributed by atoms with van der Waals surface area (Å²) in [5, 5.41) is 22.4. The highest BCUT2D eigenvalue weighted by atomic mass is 19.4. The molecule has 11 heteroatoms. The number of fused-ring (bicyclic) bond motifs is 1. The second-order valence-electron chi connectivity index (χ2n) is 9.17. The van der Waals surface area contributed by atoms with Gasteiger partial charge in [0.1, 0.15) is 17.5 Å². The molecule has 1 saturated heterocycles. The number of aliphatic hydroxyl groups excluding tert-OH is 1. The Labute approximate surface area is 211 Å². The van der Waals surface area contributed by atoms with Crippen LogP contribution in [0.2, 0.25) is 0 Å². The van der Waals surface area contributed by atoms with Gasteiger partial charge in [-0.25, -0.2) is 4.98 Å². The zero-order valence-electron chi connectivity index (χ0n) is 20.2. The summed E-state index contributed by atoms with van der Waals surface area (Å²) in [6.07, 6.45) is 6.55. The van der Waals surface area contributed by atoms with Crippen molar-refractivity contribution >= 4 is 23.3 Å². The average Bonchev–Trinajstić information content (AvgIpc) is 3.61. The van der Waals surface area contributed by atoms with Crippen molar-refractivity contribution in [1.82, 2.24) is 14.6 Å². The molecule has 0 unspecified atom stereocenters. The van der Waals surface area contributed by atoms with Gasteiger partial charge in [0.05, 0.1) is 30.7 Å². The highest BCUT2D eigenvalue weighted by Crippen LogP contribution is 2.40. The van der Waals surface area contributed by atoms with Gasteiger partial charge in [-0.15, -0.1) is 0 Å². The summed E-state index contributed by atoms with van der Waals surface area (Å²) < 4.78 is 47.9. The lowest BCUT2D eigenvalue weighted by Gasteiger charge is -2.41. The molecule has 2 aromatic rings. The van der Waals surface area contributed by atoms with Crippen molar-refractivity contribution in [3.8, 4) is 6.07 Å². The molecule has 0 bridgehead atoms. The van der Waals surface area contributed by atoms with Gasteiger partial charge in [-0.1, -0.05) is 18.7 Å². The molecule has 1 aliphatic heterocycles. The summed E-state index contributed by atoms with van der Waals surface area (Å²) in [6, 6.07) is 1.64. The number of aliphatic hydroxyl groups is 1. The van der Waals surface area contributed by atoms with Crippen molar-refractivity contribution in [2.24, 2.45) is 10.9 Å². The predicted octanol–water partition coefficient (Wildman–Crippen LogP) is 4.00. The third-order valence-electron chi connectivity index (χ3n) is 6.57. The minimum Gasteiger partial charge on any atom is -0.394 e. The van der Waals surface area contributed by atoms with Gasteiger partial charge < -0.3 is 14.7 Å². The Balaban J connectivity index is 1.66. The summed E-state index contributed by atoms with van der Waals surface area (Å²) in [6.45, 7) is 6.21. The van der Waals surface area contributed by atoms with Crippen molar-refractivity contribution in [3.63, 3.8) is 0 Å². The molecule has 5 rings (SSSR count). The molecule has 2 fully saturated rings. The summed E-state index contributed by atoms with van der Waals surface area (Å²) in [4.78, 5) is 10.6. The first-order valence-corrected chi connectivity index (χ1v) is 11.9. The van der Waals surface area contributed by atoms with Crippen molar-refractivity contribution < 1.29 is 23.0 Å². The van der Waals surface area contributed by atoms with E-state index in [0.29, 0.717) is 41.8 Å². The molecule has 192 valence electrons. The molecule has 3 aliphatic rings. The second-order valence-corrected chi connectivity index (χ2v) is 9.17. The molecular formula is C26H25F3N6O2. The van der Waals surface area contributed by atoms with Crippen molar-refractivity contribution in [3.05, 3.63) is 64.7 Å². The van der Waals surface area contributed by atoms with Crippen LogP contribution >= 0.6 is 0 Å². The van der Waals surface area contributed by atoms with E-state index in [-0.39, 0.29) is 25.0 Å². The molecule has 3 heterocycles. The lowest BCUT2D eigenvalue weighted by atomic mass is 9.95. The molecule has 0 radical (unpaired) electrons. The van der Waals surface area contributed by atoms with Gasteiger partial charge in [-0.3, -0.25) is 4.99 Å². The number of rotatable bonds is 7. The summed E-state index contributed by atoms with van der Waals surface area (Å²) >= 11 is 0. The fourth-order valence-electron chi connectivity index (χ4n) is 4.58. The van der Waals surface area contributed by atoms with Crippen LogP contribution in [-0.2, 0) is 10.9 Å². The maximum Gasteiger partial charge on any atom is 0.436 e. The van der Waals surface area contributed by atoms with Crippen LogP contribution in [0.5, 0.6) is 0 Å². The van der Waals surface area contributed by atoms with E-state index in [4.69, 9.17) is 9.84 Å². The first-order chi connectivity index (χ1) is 17.7. The first-order valence-electron chi connectivity index (χ1n) is 11.9. The lowest BCUT2D eigenvalue weighted by Crippen LogP contribution is -2.53. The molecule has 2 aromatic heterocycles. The monoisotopic (exact) mass is 510 g/mol. The van der Waals surface area contributed by atoms with Crippen LogP contribution in [0, 0.1) is 24.2 Å². The van der Waals surface area contributed by atoms with Crippen molar-refractivity contribution in [2.75, 3.05) is 31.2 Å². The van der Waals surface area contributed by atoms with Crippen molar-refractivity contribution in [1.29, 1.82) is 5.26 Å². The highest BCUT2D eigenvalue weighted by molar-refractivity contribution is 6.15. The van der Waals surface area contributed by atoms with Crippen LogP contribution in [0.25, 0.3) is 11.7 Å². The number of nitrogens with zero attached hydrogens (tertiary/aromatic N) is 6. The minimum absolute atomic E-state index is 0.125. The van der Waals surface area contributed by atoms with Crippen LogP contribution < -0.4 is 4.90 Å². The molecule has 8 nitrogen and oxygen atoms in total. The third-order valence-corrected chi connectivity index (χ3v) is 6.57. The van der Waals surface area contributed by atoms with E-state index in [1.165, 1.54) is 11.8 Å². The normalized spacial score (nSPS) is 20.4. The quantitative estimate of drug-likeness (QED) is 0.605. The van der Waals surface area contributed by atoms with E-state index in [0.717, 1.165) is 22.9 Å². The predicted molar refractivity (Wildman–Crippen MR) is 132 cm³/mol. The van der Waals surface area contributed by atoms with Crippen LogP contribution in [0.1, 0.15) is 35.4 Å². The van der Waals surface area contributed by atoms with Gasteiger partial charge in [0, 0.05) is 30.4 Å². The standard InChI is InChI=1S/C26H25F3N6O2/c1-3-31-22-11-17(16-4-5-16)6-7-18(22)10-20-15(2)32-24-21(12-30)23(26(27,28)29)33-35(24)25(20)34-13-19(14-34)37-9-8-36/h3,6-7,10-11,16,19,36H,1,4-5,8-9,13-14H2,2H3/b18-10+,31-22?. The fourth-order valence-corrected chi connectivity index (χ4v) is 4.58. The Morgan fingerprint density at radius 1 is 1.32 bits per heavy atom. The zero-order valence-corrected chi connectivity index (χ0v) is 20.2. The Hall–Kier alpha value is -3.75. The SMILES string of the molecule is C=CN=C1C=C(C2CC2)C=C/C1=C\c1c(C)nc2c(C#N)c(C(F)(F)F)nn2c1N1CC(OCCO)C1. The number of alkyl halides is 3. The van der Waals surface area contributed by atoms with E-state index in [2.05, 4.69) is 21.7 Å². The van der Waals surface area contributed by atoms with Crippen LogP contribution in [-0.4, -0.2) is 57.8 Å². The van der Waals surface area contributed by atoms with Gasteiger partial charge in [-0.05, 0) is 43.4 Å². The van der Waals surface area contributed by atoms with E-state index in [9.17, 15) is 18.4 Å². The number of ether oxygens (including phenoxy) is 1. The molecule has 1 saturated carbocycles. The van der Waals surface area contributed by atoms with Crippen molar-refractivity contribution in [2.45, 2.75) is 32.0 Å².